The number of pyridine rings is 1. The molecule has 0 saturated carbocycles. The Hall–Kier alpha value is -2.66. The molecule has 0 aliphatic rings. The first-order valence-electron chi connectivity index (χ1n) is 8.23. The van der Waals surface area contributed by atoms with E-state index < -0.39 is 0 Å². The SMILES string of the molecule is COc1cccc(-c2csc(-c3ccc4c(ccn4C(C)C)n3)n2)c1. The number of benzene rings is 1. The molecule has 0 atom stereocenters. The highest BCUT2D eigenvalue weighted by Gasteiger charge is 2.11. The van der Waals surface area contributed by atoms with Crippen LogP contribution in [0.5, 0.6) is 5.75 Å². The molecule has 0 N–H and O–H groups in total. The predicted molar refractivity (Wildman–Crippen MR) is 103 cm³/mol. The number of thiazole rings is 1. The highest BCUT2D eigenvalue weighted by molar-refractivity contribution is 7.13. The molecule has 1 aromatic carbocycles. The van der Waals surface area contributed by atoms with E-state index in [0.29, 0.717) is 6.04 Å². The van der Waals surface area contributed by atoms with E-state index >= 15 is 0 Å². The Labute approximate surface area is 150 Å². The van der Waals surface area contributed by atoms with Gasteiger partial charge in [-0.25, -0.2) is 9.97 Å². The molecule has 0 aliphatic heterocycles. The normalized spacial score (nSPS) is 11.4. The zero-order valence-electron chi connectivity index (χ0n) is 14.4. The lowest BCUT2D eigenvalue weighted by molar-refractivity contribution is 0.415. The van der Waals surface area contributed by atoms with Gasteiger partial charge in [0.1, 0.15) is 10.8 Å². The zero-order chi connectivity index (χ0) is 17.4. The van der Waals surface area contributed by atoms with Gasteiger partial charge in [0.15, 0.2) is 0 Å². The molecule has 3 heterocycles. The summed E-state index contributed by atoms with van der Waals surface area (Å²) in [4.78, 5) is 9.56. The Morgan fingerprint density at radius 1 is 1.04 bits per heavy atom. The van der Waals surface area contributed by atoms with E-state index in [1.54, 1.807) is 18.4 Å². The molecule has 4 rings (SSSR count). The van der Waals surface area contributed by atoms with E-state index in [-0.39, 0.29) is 0 Å². The van der Waals surface area contributed by atoms with Gasteiger partial charge in [-0.15, -0.1) is 11.3 Å². The Kier molecular flexibility index (Phi) is 4.01. The lowest BCUT2D eigenvalue weighted by Gasteiger charge is -2.08. The largest absolute Gasteiger partial charge is 0.497 e. The summed E-state index contributed by atoms with van der Waals surface area (Å²) in [6, 6.07) is 14.6. The van der Waals surface area contributed by atoms with Gasteiger partial charge in [0, 0.05) is 23.2 Å². The number of ether oxygens (including phenoxy) is 1. The predicted octanol–water partition coefficient (Wildman–Crippen LogP) is 5.42. The average Bonchev–Trinajstić information content (AvgIpc) is 3.28. The van der Waals surface area contributed by atoms with Crippen LogP contribution in [0.4, 0.5) is 0 Å². The van der Waals surface area contributed by atoms with Crippen LogP contribution in [0.1, 0.15) is 19.9 Å². The van der Waals surface area contributed by atoms with Crippen molar-refractivity contribution in [2.75, 3.05) is 7.11 Å². The van der Waals surface area contributed by atoms with Crippen LogP contribution >= 0.6 is 11.3 Å². The van der Waals surface area contributed by atoms with Crippen LogP contribution < -0.4 is 4.74 Å². The Morgan fingerprint density at radius 2 is 1.92 bits per heavy atom. The van der Waals surface area contributed by atoms with Crippen molar-refractivity contribution in [2.45, 2.75) is 19.9 Å². The van der Waals surface area contributed by atoms with Crippen LogP contribution in [0.25, 0.3) is 33.0 Å². The van der Waals surface area contributed by atoms with Crippen LogP contribution in [0, 0.1) is 0 Å². The van der Waals surface area contributed by atoms with Crippen LogP contribution in [0.15, 0.2) is 54.0 Å². The number of hydrogen-bond acceptors (Lipinski definition) is 4. The molecule has 4 aromatic rings. The van der Waals surface area contributed by atoms with Crippen LogP contribution in [-0.4, -0.2) is 21.6 Å². The van der Waals surface area contributed by atoms with Crippen molar-refractivity contribution in [3.8, 4) is 27.7 Å². The van der Waals surface area contributed by atoms with Gasteiger partial charge in [0.05, 0.1) is 29.5 Å². The summed E-state index contributed by atoms with van der Waals surface area (Å²) in [5, 5.41) is 2.99. The summed E-state index contributed by atoms with van der Waals surface area (Å²) in [5.41, 5.74) is 5.07. The zero-order valence-corrected chi connectivity index (χ0v) is 15.2. The van der Waals surface area contributed by atoms with Crippen molar-refractivity contribution in [1.82, 2.24) is 14.5 Å². The first-order chi connectivity index (χ1) is 12.2. The standard InChI is InChI=1S/C20H19N3OS/c1-13(2)23-10-9-16-19(23)8-7-17(21-16)20-22-18(12-25-20)14-5-4-6-15(11-14)24-3/h4-13H,1-3H3. The van der Waals surface area contributed by atoms with Gasteiger partial charge in [-0.05, 0) is 44.2 Å². The van der Waals surface area contributed by atoms with Gasteiger partial charge in [-0.3, -0.25) is 0 Å². The molecule has 0 spiro atoms. The summed E-state index contributed by atoms with van der Waals surface area (Å²) in [6.07, 6.45) is 2.09. The van der Waals surface area contributed by atoms with E-state index in [1.165, 1.54) is 0 Å². The van der Waals surface area contributed by atoms with Crippen LogP contribution in [0.2, 0.25) is 0 Å². The summed E-state index contributed by atoms with van der Waals surface area (Å²) in [5.74, 6) is 0.835. The lowest BCUT2D eigenvalue weighted by Crippen LogP contribution is -1.98. The third-order valence-corrected chi connectivity index (χ3v) is 5.08. The third-order valence-electron chi connectivity index (χ3n) is 4.22. The second kappa shape index (κ2) is 6.33. The Balaban J connectivity index is 1.71. The highest BCUT2D eigenvalue weighted by Crippen LogP contribution is 2.30. The molecule has 25 heavy (non-hydrogen) atoms. The third kappa shape index (κ3) is 2.91. The van der Waals surface area contributed by atoms with Crippen LogP contribution in [0.3, 0.4) is 0 Å². The minimum atomic E-state index is 0.421. The highest BCUT2D eigenvalue weighted by atomic mass is 32.1. The monoisotopic (exact) mass is 349 g/mol. The van der Waals surface area contributed by atoms with E-state index in [9.17, 15) is 0 Å². The van der Waals surface area contributed by atoms with Crippen molar-refractivity contribution >= 4 is 22.4 Å². The fourth-order valence-electron chi connectivity index (χ4n) is 2.92. The number of hydrogen-bond donors (Lipinski definition) is 0. The van der Waals surface area contributed by atoms with E-state index in [4.69, 9.17) is 14.7 Å². The van der Waals surface area contributed by atoms with Crippen molar-refractivity contribution in [3.63, 3.8) is 0 Å². The summed E-state index contributed by atoms with van der Waals surface area (Å²) < 4.78 is 7.53. The molecule has 4 nitrogen and oxygen atoms in total. The molecule has 0 aliphatic carbocycles. The summed E-state index contributed by atoms with van der Waals surface area (Å²) in [7, 11) is 1.67. The molecule has 126 valence electrons. The molecule has 5 heteroatoms. The first-order valence-corrected chi connectivity index (χ1v) is 9.11. The number of methoxy groups -OCH3 is 1. The fourth-order valence-corrected chi connectivity index (χ4v) is 3.71. The molecule has 0 saturated heterocycles. The molecular formula is C20H19N3OS. The second-order valence-corrected chi connectivity index (χ2v) is 7.05. The quantitative estimate of drug-likeness (QED) is 0.494. The molecule has 0 fully saturated rings. The van der Waals surface area contributed by atoms with E-state index in [0.717, 1.165) is 38.7 Å². The number of fused-ring (bicyclic) bond motifs is 1. The Morgan fingerprint density at radius 3 is 2.72 bits per heavy atom. The van der Waals surface area contributed by atoms with E-state index in [2.05, 4.69) is 48.2 Å². The lowest BCUT2D eigenvalue weighted by atomic mass is 10.1. The maximum Gasteiger partial charge on any atom is 0.142 e. The Bertz CT molecular complexity index is 1030. The second-order valence-electron chi connectivity index (χ2n) is 6.19. The number of nitrogens with zero attached hydrogens (tertiary/aromatic N) is 3. The smallest absolute Gasteiger partial charge is 0.142 e. The van der Waals surface area contributed by atoms with Crippen molar-refractivity contribution in [3.05, 3.63) is 54.0 Å². The molecular weight excluding hydrogens is 330 g/mol. The van der Waals surface area contributed by atoms with Crippen molar-refractivity contribution in [1.29, 1.82) is 0 Å². The maximum absolute atomic E-state index is 5.30. The molecule has 0 radical (unpaired) electrons. The van der Waals surface area contributed by atoms with Gasteiger partial charge in [-0.1, -0.05) is 12.1 Å². The van der Waals surface area contributed by atoms with Gasteiger partial charge in [0.2, 0.25) is 0 Å². The fraction of sp³-hybridized carbons (Fsp3) is 0.200. The van der Waals surface area contributed by atoms with Crippen molar-refractivity contribution < 1.29 is 4.74 Å². The van der Waals surface area contributed by atoms with Gasteiger partial charge < -0.3 is 9.30 Å². The van der Waals surface area contributed by atoms with Gasteiger partial charge >= 0.3 is 0 Å². The number of aromatic nitrogens is 3. The molecule has 0 unspecified atom stereocenters. The minimum absolute atomic E-state index is 0.421. The van der Waals surface area contributed by atoms with Gasteiger partial charge in [-0.2, -0.15) is 0 Å². The molecule has 0 amide bonds. The van der Waals surface area contributed by atoms with Crippen molar-refractivity contribution in [2.24, 2.45) is 0 Å². The molecule has 3 aromatic heterocycles. The van der Waals surface area contributed by atoms with E-state index in [1.807, 2.05) is 24.3 Å². The average molecular weight is 349 g/mol. The minimum Gasteiger partial charge on any atom is -0.497 e. The van der Waals surface area contributed by atoms with Gasteiger partial charge in [0.25, 0.3) is 0 Å². The summed E-state index contributed by atoms with van der Waals surface area (Å²) in [6.45, 7) is 4.35. The first kappa shape index (κ1) is 15.8. The summed E-state index contributed by atoms with van der Waals surface area (Å²) >= 11 is 1.61. The van der Waals surface area contributed by atoms with Crippen LogP contribution in [-0.2, 0) is 0 Å². The molecule has 0 bridgehead atoms. The number of rotatable bonds is 4. The topological polar surface area (TPSA) is 39.9 Å². The maximum atomic E-state index is 5.30.